The zero-order valence-corrected chi connectivity index (χ0v) is 12.3. The van der Waals surface area contributed by atoms with Crippen LogP contribution in [0.2, 0.25) is 0 Å². The molecule has 2 amide bonds. The summed E-state index contributed by atoms with van der Waals surface area (Å²) in [5.74, 6) is -0.822. The molecule has 2 heterocycles. The van der Waals surface area contributed by atoms with Gasteiger partial charge in [-0.2, -0.15) is 4.39 Å². The van der Waals surface area contributed by atoms with Gasteiger partial charge in [0.25, 0.3) is 5.91 Å². The molecule has 0 unspecified atom stereocenters. The molecule has 0 spiro atoms. The largest absolute Gasteiger partial charge is 0.349 e. The van der Waals surface area contributed by atoms with E-state index >= 15 is 0 Å². The summed E-state index contributed by atoms with van der Waals surface area (Å²) in [5.41, 5.74) is 0.267. The second-order valence-electron chi connectivity index (χ2n) is 5.59. The van der Waals surface area contributed by atoms with Crippen molar-refractivity contribution in [1.29, 1.82) is 0 Å². The smallest absolute Gasteiger partial charge is 0.251 e. The average molecular weight is 293 g/mol. The third-order valence-corrected chi connectivity index (χ3v) is 3.62. The van der Waals surface area contributed by atoms with Gasteiger partial charge in [0.1, 0.15) is 0 Å². The van der Waals surface area contributed by atoms with E-state index in [1.165, 1.54) is 12.3 Å². The monoisotopic (exact) mass is 293 g/mol. The molecule has 21 heavy (non-hydrogen) atoms. The molecular weight excluding hydrogens is 273 g/mol. The van der Waals surface area contributed by atoms with Crippen LogP contribution in [0.5, 0.6) is 0 Å². The summed E-state index contributed by atoms with van der Waals surface area (Å²) >= 11 is 0. The number of hydrogen-bond donors (Lipinski definition) is 1. The highest BCUT2D eigenvalue weighted by molar-refractivity contribution is 5.94. The first kappa shape index (κ1) is 15.4. The fraction of sp³-hybridized carbons (Fsp3) is 0.533. The third kappa shape index (κ3) is 4.00. The van der Waals surface area contributed by atoms with Crippen molar-refractivity contribution >= 4 is 11.8 Å². The number of piperidine rings is 1. The van der Waals surface area contributed by atoms with Crippen molar-refractivity contribution in [3.8, 4) is 0 Å². The van der Waals surface area contributed by atoms with E-state index in [-0.39, 0.29) is 29.3 Å². The Morgan fingerprint density at radius 2 is 2.05 bits per heavy atom. The Balaban J connectivity index is 1.86. The van der Waals surface area contributed by atoms with Gasteiger partial charge in [0, 0.05) is 42.9 Å². The summed E-state index contributed by atoms with van der Waals surface area (Å²) in [6.45, 7) is 5.06. The van der Waals surface area contributed by atoms with Gasteiger partial charge in [0.05, 0.1) is 0 Å². The molecule has 1 aromatic rings. The summed E-state index contributed by atoms with van der Waals surface area (Å²) in [6, 6.07) is 2.62. The molecular formula is C15H20FN3O2. The van der Waals surface area contributed by atoms with Crippen LogP contribution in [0, 0.1) is 11.9 Å². The second-order valence-corrected chi connectivity index (χ2v) is 5.59. The number of aromatic nitrogens is 1. The summed E-state index contributed by atoms with van der Waals surface area (Å²) < 4.78 is 13.0. The van der Waals surface area contributed by atoms with E-state index < -0.39 is 5.95 Å². The Kier molecular flexibility index (Phi) is 4.88. The van der Waals surface area contributed by atoms with Crippen LogP contribution < -0.4 is 5.32 Å². The number of carbonyl (C=O) groups excluding carboxylic acids is 2. The fourth-order valence-electron chi connectivity index (χ4n) is 2.42. The molecule has 1 saturated heterocycles. The van der Waals surface area contributed by atoms with Gasteiger partial charge in [-0.25, -0.2) is 4.98 Å². The molecule has 1 aliphatic heterocycles. The van der Waals surface area contributed by atoms with Crippen molar-refractivity contribution in [2.75, 3.05) is 13.1 Å². The number of halogens is 1. The maximum Gasteiger partial charge on any atom is 0.251 e. The average Bonchev–Trinajstić information content (AvgIpc) is 2.47. The van der Waals surface area contributed by atoms with Gasteiger partial charge in [-0.05, 0) is 18.9 Å². The maximum atomic E-state index is 13.0. The lowest BCUT2D eigenvalue weighted by atomic mass is 10.0. The third-order valence-electron chi connectivity index (χ3n) is 3.62. The molecule has 6 heteroatoms. The Morgan fingerprint density at radius 1 is 1.38 bits per heavy atom. The number of nitrogens with one attached hydrogen (secondary N) is 1. The predicted molar refractivity (Wildman–Crippen MR) is 76.1 cm³/mol. The summed E-state index contributed by atoms with van der Waals surface area (Å²) in [5, 5.41) is 2.88. The summed E-state index contributed by atoms with van der Waals surface area (Å²) in [4.78, 5) is 29.1. The number of rotatable bonds is 3. The highest BCUT2D eigenvalue weighted by atomic mass is 19.1. The number of hydrogen-bond acceptors (Lipinski definition) is 3. The van der Waals surface area contributed by atoms with Crippen molar-refractivity contribution < 1.29 is 14.0 Å². The molecule has 0 radical (unpaired) electrons. The number of carbonyl (C=O) groups is 2. The van der Waals surface area contributed by atoms with Crippen LogP contribution in [0.25, 0.3) is 0 Å². The lowest BCUT2D eigenvalue weighted by Gasteiger charge is -2.33. The van der Waals surface area contributed by atoms with Crippen LogP contribution in [0.4, 0.5) is 4.39 Å². The van der Waals surface area contributed by atoms with Crippen molar-refractivity contribution in [3.63, 3.8) is 0 Å². The molecule has 1 N–H and O–H groups in total. The van der Waals surface area contributed by atoms with Gasteiger partial charge in [-0.3, -0.25) is 9.59 Å². The van der Waals surface area contributed by atoms with E-state index in [9.17, 15) is 14.0 Å². The van der Waals surface area contributed by atoms with E-state index in [1.54, 1.807) is 0 Å². The molecule has 1 aromatic heterocycles. The molecule has 0 saturated carbocycles. The zero-order valence-electron chi connectivity index (χ0n) is 12.3. The van der Waals surface area contributed by atoms with Crippen molar-refractivity contribution in [2.45, 2.75) is 32.7 Å². The van der Waals surface area contributed by atoms with Crippen LogP contribution in [0.3, 0.4) is 0 Å². The van der Waals surface area contributed by atoms with Gasteiger partial charge in [-0.15, -0.1) is 0 Å². The minimum atomic E-state index is -0.667. The van der Waals surface area contributed by atoms with E-state index in [0.29, 0.717) is 13.1 Å². The van der Waals surface area contributed by atoms with E-state index in [4.69, 9.17) is 0 Å². The summed E-state index contributed by atoms with van der Waals surface area (Å²) in [7, 11) is 0. The maximum absolute atomic E-state index is 13.0. The lowest BCUT2D eigenvalue weighted by molar-refractivity contribution is -0.135. The lowest BCUT2D eigenvalue weighted by Crippen LogP contribution is -2.47. The highest BCUT2D eigenvalue weighted by Crippen LogP contribution is 2.14. The molecule has 5 nitrogen and oxygen atoms in total. The van der Waals surface area contributed by atoms with Crippen LogP contribution >= 0.6 is 0 Å². The van der Waals surface area contributed by atoms with Gasteiger partial charge in [0.2, 0.25) is 11.9 Å². The van der Waals surface area contributed by atoms with Crippen molar-refractivity contribution in [3.05, 3.63) is 29.8 Å². The molecule has 114 valence electrons. The van der Waals surface area contributed by atoms with Gasteiger partial charge >= 0.3 is 0 Å². The van der Waals surface area contributed by atoms with Crippen LogP contribution in [0.15, 0.2) is 18.3 Å². The first-order valence-electron chi connectivity index (χ1n) is 7.18. The Labute approximate surface area is 123 Å². The molecule has 0 bridgehead atoms. The topological polar surface area (TPSA) is 62.3 Å². The summed E-state index contributed by atoms with van der Waals surface area (Å²) in [6.07, 6.45) is 2.71. The van der Waals surface area contributed by atoms with Gasteiger partial charge in [-0.1, -0.05) is 13.8 Å². The second kappa shape index (κ2) is 6.65. The minimum absolute atomic E-state index is 0.00376. The first-order valence-corrected chi connectivity index (χ1v) is 7.18. The molecule has 2 rings (SSSR count). The quantitative estimate of drug-likeness (QED) is 0.861. The van der Waals surface area contributed by atoms with E-state index in [2.05, 4.69) is 10.3 Å². The molecule has 0 aliphatic carbocycles. The minimum Gasteiger partial charge on any atom is -0.349 e. The molecule has 0 atom stereocenters. The molecule has 1 fully saturated rings. The standard InChI is InChI=1S/C15H20FN3O2/c1-10(2)15(21)19-7-4-12(5-8-19)18-14(20)11-3-6-17-13(16)9-11/h3,6,9-10,12H,4-5,7-8H2,1-2H3,(H,18,20). The predicted octanol–water partition coefficient (Wildman–Crippen LogP) is 1.60. The number of pyridine rings is 1. The number of amides is 2. The number of nitrogens with zero attached hydrogens (tertiary/aromatic N) is 2. The van der Waals surface area contributed by atoms with Gasteiger partial charge < -0.3 is 10.2 Å². The van der Waals surface area contributed by atoms with E-state index in [0.717, 1.165) is 18.9 Å². The SMILES string of the molecule is CC(C)C(=O)N1CCC(NC(=O)c2ccnc(F)c2)CC1. The van der Waals surface area contributed by atoms with E-state index in [1.807, 2.05) is 18.7 Å². The van der Waals surface area contributed by atoms with Crippen molar-refractivity contribution in [2.24, 2.45) is 5.92 Å². The van der Waals surface area contributed by atoms with Crippen LogP contribution in [-0.4, -0.2) is 40.8 Å². The first-order chi connectivity index (χ1) is 9.97. The van der Waals surface area contributed by atoms with Crippen LogP contribution in [0.1, 0.15) is 37.0 Å². The Morgan fingerprint density at radius 3 is 2.62 bits per heavy atom. The molecule has 0 aromatic carbocycles. The van der Waals surface area contributed by atoms with Crippen molar-refractivity contribution in [1.82, 2.24) is 15.2 Å². The zero-order chi connectivity index (χ0) is 15.4. The van der Waals surface area contributed by atoms with Gasteiger partial charge in [0.15, 0.2) is 0 Å². The Hall–Kier alpha value is -1.98. The normalized spacial score (nSPS) is 16.1. The molecule has 1 aliphatic rings. The fourth-order valence-corrected chi connectivity index (χ4v) is 2.42. The Bertz CT molecular complexity index is 525. The number of likely N-dealkylation sites (tertiary alicyclic amines) is 1. The van der Waals surface area contributed by atoms with Crippen LogP contribution in [-0.2, 0) is 4.79 Å². The highest BCUT2D eigenvalue weighted by Gasteiger charge is 2.25.